The van der Waals surface area contributed by atoms with E-state index in [2.05, 4.69) is 36.7 Å². The molecule has 0 aliphatic carbocycles. The number of hydrogen-bond donors (Lipinski definition) is 0. The molecule has 0 bridgehead atoms. The van der Waals surface area contributed by atoms with Crippen LogP contribution in [0, 0.1) is 11.3 Å². The summed E-state index contributed by atoms with van der Waals surface area (Å²) in [4.78, 5) is 6.46. The van der Waals surface area contributed by atoms with E-state index >= 15 is 0 Å². The molecule has 80 valence electrons. The van der Waals surface area contributed by atoms with Gasteiger partial charge in [-0.05, 0) is 32.4 Å². The number of aromatic nitrogens is 1. The van der Waals surface area contributed by atoms with E-state index < -0.39 is 0 Å². The van der Waals surface area contributed by atoms with Gasteiger partial charge in [0, 0.05) is 18.8 Å². The molecule has 0 aliphatic rings. The normalized spacial score (nSPS) is 11.9. The maximum atomic E-state index is 9.00. The van der Waals surface area contributed by atoms with Gasteiger partial charge in [-0.15, -0.1) is 0 Å². The molecule has 15 heavy (non-hydrogen) atoms. The summed E-state index contributed by atoms with van der Waals surface area (Å²) in [6.07, 6.45) is 2.79. The van der Waals surface area contributed by atoms with Crippen LogP contribution in [-0.4, -0.2) is 17.6 Å². The van der Waals surface area contributed by atoms with Gasteiger partial charge in [-0.3, -0.25) is 0 Å². The highest BCUT2D eigenvalue weighted by atomic mass is 15.2. The molecule has 0 radical (unpaired) electrons. The molecule has 1 atom stereocenters. The number of anilines is 1. The maximum Gasteiger partial charge on any atom is 0.146 e. The maximum absolute atomic E-state index is 9.00. The minimum absolute atomic E-state index is 0.414. The highest BCUT2D eigenvalue weighted by Crippen LogP contribution is 2.19. The van der Waals surface area contributed by atoms with Crippen LogP contribution in [0.25, 0.3) is 0 Å². The topological polar surface area (TPSA) is 39.9 Å². The van der Waals surface area contributed by atoms with Gasteiger partial charge in [0.25, 0.3) is 0 Å². The second-order valence-corrected chi connectivity index (χ2v) is 3.53. The summed E-state index contributed by atoms with van der Waals surface area (Å²) in [7, 11) is 0. The Morgan fingerprint density at radius 1 is 1.53 bits per heavy atom. The Morgan fingerprint density at radius 2 is 2.27 bits per heavy atom. The van der Waals surface area contributed by atoms with E-state index in [1.54, 1.807) is 12.3 Å². The van der Waals surface area contributed by atoms with Crippen molar-refractivity contribution in [1.82, 2.24) is 4.98 Å². The lowest BCUT2D eigenvalue weighted by Crippen LogP contribution is -2.33. The molecule has 0 saturated carbocycles. The summed E-state index contributed by atoms with van der Waals surface area (Å²) >= 11 is 0. The highest BCUT2D eigenvalue weighted by Gasteiger charge is 2.15. The van der Waals surface area contributed by atoms with Crippen molar-refractivity contribution in [2.24, 2.45) is 0 Å². The van der Waals surface area contributed by atoms with E-state index in [1.165, 1.54) is 0 Å². The van der Waals surface area contributed by atoms with Crippen molar-refractivity contribution >= 4 is 5.82 Å². The predicted octanol–water partition coefficient (Wildman–Crippen LogP) is 2.58. The van der Waals surface area contributed by atoms with Crippen LogP contribution in [0.15, 0.2) is 18.3 Å². The van der Waals surface area contributed by atoms with E-state index in [9.17, 15) is 0 Å². The molecule has 1 aromatic rings. The number of rotatable bonds is 4. The first-order valence-electron chi connectivity index (χ1n) is 5.36. The average molecular weight is 203 g/mol. The fourth-order valence-corrected chi connectivity index (χ4v) is 1.60. The Kier molecular flexibility index (Phi) is 4.11. The van der Waals surface area contributed by atoms with Crippen molar-refractivity contribution in [1.29, 1.82) is 5.26 Å². The largest absolute Gasteiger partial charge is 0.353 e. The van der Waals surface area contributed by atoms with Crippen molar-refractivity contribution in [3.8, 4) is 6.07 Å². The van der Waals surface area contributed by atoms with Gasteiger partial charge in [-0.2, -0.15) is 5.26 Å². The van der Waals surface area contributed by atoms with E-state index in [0.29, 0.717) is 11.6 Å². The first-order valence-corrected chi connectivity index (χ1v) is 5.36. The summed E-state index contributed by atoms with van der Waals surface area (Å²) in [6, 6.07) is 6.21. The van der Waals surface area contributed by atoms with Crippen LogP contribution in [0.5, 0.6) is 0 Å². The minimum Gasteiger partial charge on any atom is -0.353 e. The molecule has 1 aromatic heterocycles. The Balaban J connectivity index is 3.07. The third kappa shape index (κ3) is 2.47. The van der Waals surface area contributed by atoms with E-state index in [0.717, 1.165) is 18.8 Å². The quantitative estimate of drug-likeness (QED) is 0.755. The van der Waals surface area contributed by atoms with Gasteiger partial charge in [-0.25, -0.2) is 4.98 Å². The van der Waals surface area contributed by atoms with Crippen molar-refractivity contribution in [3.05, 3.63) is 23.9 Å². The molecular formula is C12H17N3. The fraction of sp³-hybridized carbons (Fsp3) is 0.500. The predicted molar refractivity (Wildman–Crippen MR) is 61.7 cm³/mol. The van der Waals surface area contributed by atoms with Crippen molar-refractivity contribution in [2.45, 2.75) is 33.2 Å². The second kappa shape index (κ2) is 5.35. The fourth-order valence-electron chi connectivity index (χ4n) is 1.60. The van der Waals surface area contributed by atoms with Gasteiger partial charge < -0.3 is 4.90 Å². The average Bonchev–Trinajstić information content (AvgIpc) is 2.30. The summed E-state index contributed by atoms with van der Waals surface area (Å²) in [5.41, 5.74) is 0.652. The lowest BCUT2D eigenvalue weighted by molar-refractivity contribution is 0.622. The van der Waals surface area contributed by atoms with Crippen LogP contribution in [0.4, 0.5) is 5.82 Å². The molecule has 1 unspecified atom stereocenters. The van der Waals surface area contributed by atoms with Crippen LogP contribution in [0.3, 0.4) is 0 Å². The SMILES string of the molecule is CCC(C)N(CC)c1ncccc1C#N. The van der Waals surface area contributed by atoms with E-state index in [4.69, 9.17) is 5.26 Å². The Morgan fingerprint density at radius 3 is 2.80 bits per heavy atom. The number of nitrogens with zero attached hydrogens (tertiary/aromatic N) is 3. The molecule has 0 fully saturated rings. The van der Waals surface area contributed by atoms with Crippen LogP contribution >= 0.6 is 0 Å². The molecule has 0 saturated heterocycles. The molecule has 3 nitrogen and oxygen atoms in total. The van der Waals surface area contributed by atoms with Crippen LogP contribution in [0.2, 0.25) is 0 Å². The molecule has 3 heteroatoms. The highest BCUT2D eigenvalue weighted by molar-refractivity contribution is 5.53. The van der Waals surface area contributed by atoms with Gasteiger partial charge in [0.05, 0.1) is 5.56 Å². The zero-order valence-electron chi connectivity index (χ0n) is 9.57. The Labute approximate surface area is 91.4 Å². The zero-order valence-corrected chi connectivity index (χ0v) is 9.57. The van der Waals surface area contributed by atoms with Gasteiger partial charge >= 0.3 is 0 Å². The van der Waals surface area contributed by atoms with E-state index in [1.807, 2.05) is 6.07 Å². The van der Waals surface area contributed by atoms with Crippen LogP contribution < -0.4 is 4.90 Å². The molecule has 0 aromatic carbocycles. The standard InChI is InChI=1S/C12H17N3/c1-4-10(3)15(5-2)12-11(9-13)7-6-8-14-12/h6-8,10H,4-5H2,1-3H3. The molecule has 0 N–H and O–H groups in total. The molecule has 1 heterocycles. The summed E-state index contributed by atoms with van der Waals surface area (Å²) < 4.78 is 0. The van der Waals surface area contributed by atoms with Gasteiger partial charge in [-0.1, -0.05) is 6.92 Å². The molecule has 0 amide bonds. The first-order chi connectivity index (χ1) is 7.24. The van der Waals surface area contributed by atoms with Gasteiger partial charge in [0.15, 0.2) is 0 Å². The minimum atomic E-state index is 0.414. The third-order valence-corrected chi connectivity index (χ3v) is 2.64. The smallest absolute Gasteiger partial charge is 0.146 e. The number of hydrogen-bond acceptors (Lipinski definition) is 3. The monoisotopic (exact) mass is 203 g/mol. The lowest BCUT2D eigenvalue weighted by Gasteiger charge is -2.28. The molecular weight excluding hydrogens is 186 g/mol. The van der Waals surface area contributed by atoms with Crippen LogP contribution in [0.1, 0.15) is 32.8 Å². The van der Waals surface area contributed by atoms with E-state index in [-0.39, 0.29) is 0 Å². The molecule has 1 rings (SSSR count). The summed E-state index contributed by atoms with van der Waals surface area (Å²) in [5.74, 6) is 0.803. The summed E-state index contributed by atoms with van der Waals surface area (Å²) in [6.45, 7) is 7.25. The molecule has 0 aliphatic heterocycles. The van der Waals surface area contributed by atoms with Gasteiger partial charge in [0.2, 0.25) is 0 Å². The third-order valence-electron chi connectivity index (χ3n) is 2.64. The van der Waals surface area contributed by atoms with Crippen molar-refractivity contribution in [3.63, 3.8) is 0 Å². The molecule has 0 spiro atoms. The lowest BCUT2D eigenvalue weighted by atomic mass is 10.2. The Hall–Kier alpha value is -1.56. The summed E-state index contributed by atoms with van der Waals surface area (Å²) in [5, 5.41) is 9.00. The van der Waals surface area contributed by atoms with Gasteiger partial charge in [0.1, 0.15) is 11.9 Å². The van der Waals surface area contributed by atoms with Crippen molar-refractivity contribution in [2.75, 3.05) is 11.4 Å². The Bertz CT molecular complexity index is 354. The first kappa shape index (κ1) is 11.5. The second-order valence-electron chi connectivity index (χ2n) is 3.53. The van der Waals surface area contributed by atoms with Crippen LogP contribution in [-0.2, 0) is 0 Å². The number of pyridine rings is 1. The zero-order chi connectivity index (χ0) is 11.3. The number of nitriles is 1. The van der Waals surface area contributed by atoms with Crippen molar-refractivity contribution < 1.29 is 0 Å².